The summed E-state index contributed by atoms with van der Waals surface area (Å²) in [6.07, 6.45) is 0.602. The molecule has 102 valence electrons. The summed E-state index contributed by atoms with van der Waals surface area (Å²) >= 11 is 5.77. The SMILES string of the molecule is CCn1nc(C)cc1C(N)Cc1ccc(F)c(Cl)c1. The van der Waals surface area contributed by atoms with Crippen molar-refractivity contribution >= 4 is 11.6 Å². The van der Waals surface area contributed by atoms with Crippen molar-refractivity contribution in [1.82, 2.24) is 9.78 Å². The summed E-state index contributed by atoms with van der Waals surface area (Å²) in [6, 6.07) is 6.51. The average Bonchev–Trinajstić information content (AvgIpc) is 2.75. The van der Waals surface area contributed by atoms with Crippen LogP contribution in [-0.2, 0) is 13.0 Å². The number of rotatable bonds is 4. The van der Waals surface area contributed by atoms with Gasteiger partial charge in [-0.25, -0.2) is 4.39 Å². The molecule has 1 aromatic heterocycles. The molecule has 3 nitrogen and oxygen atoms in total. The highest BCUT2D eigenvalue weighted by molar-refractivity contribution is 6.30. The average molecular weight is 282 g/mol. The first-order valence-electron chi connectivity index (χ1n) is 6.25. The quantitative estimate of drug-likeness (QED) is 0.935. The predicted octanol–water partition coefficient (Wildman–Crippen LogP) is 3.25. The molecule has 1 heterocycles. The minimum atomic E-state index is -0.409. The summed E-state index contributed by atoms with van der Waals surface area (Å²) < 4.78 is 15.0. The Kier molecular flexibility index (Phi) is 4.22. The van der Waals surface area contributed by atoms with Crippen LogP contribution in [0.1, 0.15) is 29.9 Å². The van der Waals surface area contributed by atoms with E-state index in [-0.39, 0.29) is 11.1 Å². The van der Waals surface area contributed by atoms with Gasteiger partial charge in [0.2, 0.25) is 0 Å². The van der Waals surface area contributed by atoms with Crippen LogP contribution < -0.4 is 5.73 Å². The number of benzene rings is 1. The fourth-order valence-corrected chi connectivity index (χ4v) is 2.35. The maximum atomic E-state index is 13.1. The molecule has 2 rings (SSSR count). The highest BCUT2D eigenvalue weighted by Gasteiger charge is 2.14. The van der Waals surface area contributed by atoms with Crippen molar-refractivity contribution in [3.63, 3.8) is 0 Å². The monoisotopic (exact) mass is 281 g/mol. The van der Waals surface area contributed by atoms with Gasteiger partial charge in [-0.2, -0.15) is 5.10 Å². The molecule has 0 amide bonds. The normalized spacial score (nSPS) is 12.7. The number of nitrogens with two attached hydrogens (primary N) is 1. The molecule has 0 fully saturated rings. The molecule has 0 aliphatic carbocycles. The van der Waals surface area contributed by atoms with Gasteiger partial charge in [-0.3, -0.25) is 4.68 Å². The smallest absolute Gasteiger partial charge is 0.141 e. The fourth-order valence-electron chi connectivity index (χ4n) is 2.14. The summed E-state index contributed by atoms with van der Waals surface area (Å²) in [7, 11) is 0. The molecule has 0 aliphatic rings. The molecule has 19 heavy (non-hydrogen) atoms. The zero-order valence-electron chi connectivity index (χ0n) is 11.0. The number of halogens is 2. The lowest BCUT2D eigenvalue weighted by molar-refractivity contribution is 0.565. The van der Waals surface area contributed by atoms with Crippen LogP contribution in [0.25, 0.3) is 0 Å². The van der Waals surface area contributed by atoms with E-state index in [4.69, 9.17) is 17.3 Å². The van der Waals surface area contributed by atoms with E-state index in [1.54, 1.807) is 12.1 Å². The highest BCUT2D eigenvalue weighted by atomic mass is 35.5. The minimum Gasteiger partial charge on any atom is -0.322 e. The molecule has 0 spiro atoms. The second-order valence-electron chi connectivity index (χ2n) is 4.59. The van der Waals surface area contributed by atoms with Crippen molar-refractivity contribution in [3.8, 4) is 0 Å². The van der Waals surface area contributed by atoms with E-state index >= 15 is 0 Å². The zero-order valence-corrected chi connectivity index (χ0v) is 11.8. The molecule has 0 bridgehead atoms. The second-order valence-corrected chi connectivity index (χ2v) is 4.99. The first kappa shape index (κ1) is 14.0. The standard InChI is InChI=1S/C14H17ClFN3/c1-3-19-14(6-9(2)18-19)13(17)8-10-4-5-12(16)11(15)7-10/h4-7,13H,3,8,17H2,1-2H3. The Morgan fingerprint density at radius 3 is 2.79 bits per heavy atom. The van der Waals surface area contributed by atoms with E-state index in [1.807, 2.05) is 24.6 Å². The molecule has 1 unspecified atom stereocenters. The van der Waals surface area contributed by atoms with Crippen LogP contribution in [0.3, 0.4) is 0 Å². The summed E-state index contributed by atoms with van der Waals surface area (Å²) in [5.41, 5.74) is 9.06. The van der Waals surface area contributed by atoms with Crippen LogP contribution in [-0.4, -0.2) is 9.78 Å². The van der Waals surface area contributed by atoms with E-state index in [2.05, 4.69) is 5.10 Å². The van der Waals surface area contributed by atoms with Crippen molar-refractivity contribution in [2.45, 2.75) is 32.9 Å². The van der Waals surface area contributed by atoms with Crippen LogP contribution >= 0.6 is 11.6 Å². The number of hydrogen-bond donors (Lipinski definition) is 1. The molecular formula is C14H17ClFN3. The topological polar surface area (TPSA) is 43.8 Å². The van der Waals surface area contributed by atoms with Crippen LogP contribution in [0.2, 0.25) is 5.02 Å². The summed E-state index contributed by atoms with van der Waals surface area (Å²) in [6.45, 7) is 4.75. The maximum absolute atomic E-state index is 13.1. The van der Waals surface area contributed by atoms with Gasteiger partial charge in [0.05, 0.1) is 22.5 Å². The molecule has 2 N–H and O–H groups in total. The molecule has 0 radical (unpaired) electrons. The lowest BCUT2D eigenvalue weighted by atomic mass is 10.0. The number of hydrogen-bond acceptors (Lipinski definition) is 2. The van der Waals surface area contributed by atoms with E-state index in [9.17, 15) is 4.39 Å². The van der Waals surface area contributed by atoms with Crippen LogP contribution in [0.15, 0.2) is 24.3 Å². The lowest BCUT2D eigenvalue weighted by Gasteiger charge is -2.13. The third-order valence-electron chi connectivity index (χ3n) is 3.05. The van der Waals surface area contributed by atoms with E-state index in [1.165, 1.54) is 6.07 Å². The molecule has 0 saturated carbocycles. The van der Waals surface area contributed by atoms with Crippen molar-refractivity contribution in [2.24, 2.45) is 5.73 Å². The van der Waals surface area contributed by atoms with Crippen molar-refractivity contribution in [2.75, 3.05) is 0 Å². The molecule has 1 aromatic carbocycles. The highest BCUT2D eigenvalue weighted by Crippen LogP contribution is 2.21. The molecule has 2 aromatic rings. The van der Waals surface area contributed by atoms with Gasteiger partial charge in [0.25, 0.3) is 0 Å². The Morgan fingerprint density at radius 2 is 2.16 bits per heavy atom. The van der Waals surface area contributed by atoms with Gasteiger partial charge in [-0.15, -0.1) is 0 Å². The van der Waals surface area contributed by atoms with Gasteiger partial charge in [0.1, 0.15) is 5.82 Å². The van der Waals surface area contributed by atoms with Crippen LogP contribution in [0.4, 0.5) is 4.39 Å². The third kappa shape index (κ3) is 3.14. The van der Waals surface area contributed by atoms with Crippen LogP contribution in [0, 0.1) is 12.7 Å². The lowest BCUT2D eigenvalue weighted by Crippen LogP contribution is -2.18. The van der Waals surface area contributed by atoms with Crippen molar-refractivity contribution in [1.29, 1.82) is 0 Å². The Balaban J connectivity index is 2.20. The second kappa shape index (κ2) is 5.72. The molecule has 1 atom stereocenters. The summed E-state index contributed by atoms with van der Waals surface area (Å²) in [5.74, 6) is -0.409. The number of aryl methyl sites for hydroxylation is 2. The Hall–Kier alpha value is -1.39. The number of nitrogens with zero attached hydrogens (tertiary/aromatic N) is 2. The molecule has 0 saturated heterocycles. The summed E-state index contributed by atoms with van der Waals surface area (Å²) in [4.78, 5) is 0. The minimum absolute atomic E-state index is 0.130. The van der Waals surface area contributed by atoms with Gasteiger partial charge >= 0.3 is 0 Å². The third-order valence-corrected chi connectivity index (χ3v) is 3.34. The first-order chi connectivity index (χ1) is 9.01. The largest absolute Gasteiger partial charge is 0.322 e. The molecular weight excluding hydrogens is 265 g/mol. The van der Waals surface area contributed by atoms with Crippen LogP contribution in [0.5, 0.6) is 0 Å². The van der Waals surface area contributed by atoms with Gasteiger partial charge in [0.15, 0.2) is 0 Å². The van der Waals surface area contributed by atoms with Gasteiger partial charge < -0.3 is 5.73 Å². The fraction of sp³-hybridized carbons (Fsp3) is 0.357. The Bertz CT molecular complexity index is 580. The van der Waals surface area contributed by atoms with E-state index in [0.29, 0.717) is 6.42 Å². The van der Waals surface area contributed by atoms with E-state index in [0.717, 1.165) is 23.5 Å². The first-order valence-corrected chi connectivity index (χ1v) is 6.63. The predicted molar refractivity (Wildman–Crippen MR) is 74.7 cm³/mol. The zero-order chi connectivity index (χ0) is 14.0. The Morgan fingerprint density at radius 1 is 1.42 bits per heavy atom. The van der Waals surface area contributed by atoms with E-state index < -0.39 is 5.82 Å². The molecule has 5 heteroatoms. The molecule has 0 aliphatic heterocycles. The maximum Gasteiger partial charge on any atom is 0.141 e. The number of aromatic nitrogens is 2. The summed E-state index contributed by atoms with van der Waals surface area (Å²) in [5, 5.41) is 4.50. The van der Waals surface area contributed by atoms with Gasteiger partial charge in [-0.05, 0) is 44.0 Å². The van der Waals surface area contributed by atoms with Crippen molar-refractivity contribution in [3.05, 3.63) is 52.1 Å². The Labute approximate surface area is 117 Å². The van der Waals surface area contributed by atoms with Gasteiger partial charge in [-0.1, -0.05) is 17.7 Å². The van der Waals surface area contributed by atoms with Crippen molar-refractivity contribution < 1.29 is 4.39 Å². The van der Waals surface area contributed by atoms with Gasteiger partial charge in [0, 0.05) is 6.54 Å².